The van der Waals surface area contributed by atoms with Gasteiger partial charge in [0.05, 0.1) is 5.01 Å². The zero-order valence-corrected chi connectivity index (χ0v) is 18.5. The Labute approximate surface area is 176 Å². The number of thiazole rings is 1. The molecule has 26 heavy (non-hydrogen) atoms. The molecule has 0 unspecified atom stereocenters. The normalized spacial score (nSPS) is 12.0. The molecule has 1 N–H and O–H groups in total. The van der Waals surface area contributed by atoms with E-state index in [4.69, 9.17) is 0 Å². The van der Waals surface area contributed by atoms with Gasteiger partial charge in [0.15, 0.2) is 11.7 Å². The van der Waals surface area contributed by atoms with Crippen molar-refractivity contribution >= 4 is 52.6 Å². The first-order chi connectivity index (χ1) is 11.9. The van der Waals surface area contributed by atoms with Crippen molar-refractivity contribution in [2.75, 3.05) is 26.7 Å². The summed E-state index contributed by atoms with van der Waals surface area (Å²) in [4.78, 5) is 11.5. The Morgan fingerprint density at radius 1 is 1.31 bits per heavy atom. The molecule has 4 nitrogen and oxygen atoms in total. The van der Waals surface area contributed by atoms with Crippen molar-refractivity contribution in [1.82, 2.24) is 15.2 Å². The second-order valence-electron chi connectivity index (χ2n) is 5.36. The van der Waals surface area contributed by atoms with E-state index in [0.717, 1.165) is 42.2 Å². The fraction of sp³-hybridized carbons (Fsp3) is 0.500. The van der Waals surface area contributed by atoms with Crippen molar-refractivity contribution in [3.8, 4) is 0 Å². The Morgan fingerprint density at radius 3 is 2.65 bits per heavy atom. The molecule has 0 amide bonds. The maximum atomic E-state index is 12.6. The van der Waals surface area contributed by atoms with Crippen molar-refractivity contribution < 1.29 is 13.2 Å². The Bertz CT molecular complexity index is 671. The molecule has 0 bridgehead atoms. The average Bonchev–Trinajstić information content (AvgIpc) is 3.23. The highest BCUT2D eigenvalue weighted by Crippen LogP contribution is 2.30. The molecular weight excluding hydrogens is 496 g/mol. The van der Waals surface area contributed by atoms with Crippen LogP contribution in [0.2, 0.25) is 0 Å². The van der Waals surface area contributed by atoms with Gasteiger partial charge in [-0.1, -0.05) is 6.07 Å². The second-order valence-corrected chi connectivity index (χ2v) is 7.34. The van der Waals surface area contributed by atoms with Crippen molar-refractivity contribution in [1.29, 1.82) is 0 Å². The third-order valence-electron chi connectivity index (χ3n) is 3.40. The fourth-order valence-electron chi connectivity index (χ4n) is 2.12. The van der Waals surface area contributed by atoms with Crippen molar-refractivity contribution in [2.45, 2.75) is 25.9 Å². The quantitative estimate of drug-likeness (QED) is 0.333. The Kier molecular flexibility index (Phi) is 9.86. The van der Waals surface area contributed by atoms with Gasteiger partial charge < -0.3 is 10.2 Å². The molecule has 0 atom stereocenters. The highest BCUT2D eigenvalue weighted by molar-refractivity contribution is 14.0. The lowest BCUT2D eigenvalue weighted by molar-refractivity contribution is -0.140. The first kappa shape index (κ1) is 23.2. The Balaban J connectivity index is 0.00000338. The number of thiophene rings is 1. The van der Waals surface area contributed by atoms with Crippen LogP contribution in [0.3, 0.4) is 0 Å². The standard InChI is InChI=1S/C16H21F3N4S2.HI/c1-3-20-15(23(2)9-7-12-5-4-10-24-12)21-8-6-14-22-13(11-25-14)16(17,18)19;/h4-5,10-11H,3,6-9H2,1-2H3,(H,20,21);1H. The van der Waals surface area contributed by atoms with E-state index in [9.17, 15) is 13.2 Å². The van der Waals surface area contributed by atoms with Crippen LogP contribution < -0.4 is 5.32 Å². The topological polar surface area (TPSA) is 40.5 Å². The highest BCUT2D eigenvalue weighted by atomic mass is 127. The van der Waals surface area contributed by atoms with Gasteiger partial charge in [-0.3, -0.25) is 4.99 Å². The van der Waals surface area contributed by atoms with Gasteiger partial charge in [-0.25, -0.2) is 4.98 Å². The molecule has 0 aliphatic rings. The molecular formula is C16H22F3IN4S2. The maximum absolute atomic E-state index is 12.6. The van der Waals surface area contributed by atoms with Crippen molar-refractivity contribution in [3.63, 3.8) is 0 Å². The molecule has 0 fully saturated rings. The molecule has 0 saturated carbocycles. The molecule has 2 aromatic heterocycles. The van der Waals surface area contributed by atoms with Gasteiger partial charge >= 0.3 is 6.18 Å². The maximum Gasteiger partial charge on any atom is 0.434 e. The summed E-state index contributed by atoms with van der Waals surface area (Å²) in [6, 6.07) is 4.13. The van der Waals surface area contributed by atoms with Gasteiger partial charge in [-0.2, -0.15) is 13.2 Å². The summed E-state index contributed by atoms with van der Waals surface area (Å²) in [7, 11) is 1.96. The van der Waals surface area contributed by atoms with Crippen LogP contribution in [-0.4, -0.2) is 42.5 Å². The Morgan fingerprint density at radius 2 is 2.08 bits per heavy atom. The number of alkyl halides is 3. The molecule has 0 spiro atoms. The minimum atomic E-state index is -4.38. The zero-order chi connectivity index (χ0) is 18.3. The average molecular weight is 518 g/mol. The zero-order valence-electron chi connectivity index (χ0n) is 14.5. The van der Waals surface area contributed by atoms with E-state index in [2.05, 4.69) is 26.7 Å². The van der Waals surface area contributed by atoms with Crippen LogP contribution in [0.25, 0.3) is 0 Å². The molecule has 0 saturated heterocycles. The van der Waals surface area contributed by atoms with Crippen LogP contribution in [-0.2, 0) is 19.0 Å². The molecule has 2 heterocycles. The van der Waals surface area contributed by atoms with E-state index < -0.39 is 11.9 Å². The molecule has 0 aliphatic heterocycles. The number of aliphatic imine (C=N–C) groups is 1. The van der Waals surface area contributed by atoms with Crippen molar-refractivity contribution in [3.05, 3.63) is 38.5 Å². The number of hydrogen-bond donors (Lipinski definition) is 1. The smallest absolute Gasteiger partial charge is 0.357 e. The van der Waals surface area contributed by atoms with Gasteiger partial charge in [0, 0.05) is 43.4 Å². The largest absolute Gasteiger partial charge is 0.434 e. The predicted molar refractivity (Wildman–Crippen MR) is 113 cm³/mol. The van der Waals surface area contributed by atoms with Gasteiger partial charge in [0.2, 0.25) is 0 Å². The number of hydrogen-bond acceptors (Lipinski definition) is 4. The van der Waals surface area contributed by atoms with Crippen LogP contribution >= 0.6 is 46.7 Å². The minimum Gasteiger partial charge on any atom is -0.357 e. The van der Waals surface area contributed by atoms with Gasteiger partial charge in [-0.15, -0.1) is 46.7 Å². The lowest BCUT2D eigenvalue weighted by atomic mass is 10.3. The number of halogens is 4. The van der Waals surface area contributed by atoms with Crippen LogP contribution in [0.1, 0.15) is 22.5 Å². The van der Waals surface area contributed by atoms with E-state index >= 15 is 0 Å². The summed E-state index contributed by atoms with van der Waals surface area (Å²) in [5.74, 6) is 0.756. The van der Waals surface area contributed by atoms with Crippen LogP contribution in [0.4, 0.5) is 13.2 Å². The van der Waals surface area contributed by atoms with E-state index in [1.807, 2.05) is 24.9 Å². The predicted octanol–water partition coefficient (Wildman–Crippen LogP) is 4.52. The number of aromatic nitrogens is 1. The molecule has 10 heteroatoms. The lowest BCUT2D eigenvalue weighted by Crippen LogP contribution is -2.40. The van der Waals surface area contributed by atoms with E-state index in [1.54, 1.807) is 11.3 Å². The molecule has 0 radical (unpaired) electrons. The Hall–Kier alpha value is -0.880. The van der Waals surface area contributed by atoms with Gasteiger partial charge in [0.1, 0.15) is 0 Å². The molecule has 2 rings (SSSR count). The van der Waals surface area contributed by atoms with Gasteiger partial charge in [-0.05, 0) is 24.8 Å². The van der Waals surface area contributed by atoms with Crippen molar-refractivity contribution in [2.24, 2.45) is 4.99 Å². The van der Waals surface area contributed by atoms with E-state index in [0.29, 0.717) is 18.0 Å². The summed E-state index contributed by atoms with van der Waals surface area (Å²) in [6.45, 7) is 3.94. The lowest BCUT2D eigenvalue weighted by Gasteiger charge is -2.21. The number of nitrogens with one attached hydrogen (secondary N) is 1. The molecule has 0 aromatic carbocycles. The van der Waals surface area contributed by atoms with E-state index in [-0.39, 0.29) is 24.0 Å². The summed E-state index contributed by atoms with van der Waals surface area (Å²) in [5, 5.41) is 6.77. The van der Waals surface area contributed by atoms with Gasteiger partial charge in [0.25, 0.3) is 0 Å². The fourth-order valence-corrected chi connectivity index (χ4v) is 3.61. The van der Waals surface area contributed by atoms with Crippen LogP contribution in [0.15, 0.2) is 27.9 Å². The molecule has 146 valence electrons. The summed E-state index contributed by atoms with van der Waals surface area (Å²) < 4.78 is 37.7. The number of nitrogens with zero attached hydrogens (tertiary/aromatic N) is 3. The summed E-state index contributed by atoms with van der Waals surface area (Å²) in [5.41, 5.74) is -0.823. The van der Waals surface area contributed by atoms with Crippen LogP contribution in [0.5, 0.6) is 0 Å². The minimum absolute atomic E-state index is 0. The first-order valence-corrected chi connectivity index (χ1v) is 9.69. The number of likely N-dealkylation sites (N-methyl/N-ethyl adjacent to an activating group) is 1. The molecule has 0 aliphatic carbocycles. The number of guanidine groups is 1. The first-order valence-electron chi connectivity index (χ1n) is 7.93. The highest BCUT2D eigenvalue weighted by Gasteiger charge is 2.33. The number of rotatable bonds is 7. The molecule has 2 aromatic rings. The SMILES string of the molecule is CCNC(=NCCc1nc(C(F)(F)F)cs1)N(C)CCc1cccs1.I. The third kappa shape index (κ3) is 7.39. The van der Waals surface area contributed by atoms with Crippen LogP contribution in [0, 0.1) is 0 Å². The third-order valence-corrected chi connectivity index (χ3v) is 5.24. The van der Waals surface area contributed by atoms with E-state index in [1.165, 1.54) is 4.88 Å². The summed E-state index contributed by atoms with van der Waals surface area (Å²) in [6.07, 6.45) is -3.05. The summed E-state index contributed by atoms with van der Waals surface area (Å²) >= 11 is 2.75. The monoisotopic (exact) mass is 518 g/mol. The second kappa shape index (κ2) is 11.1.